The van der Waals surface area contributed by atoms with Crippen LogP contribution in [0, 0.1) is 5.92 Å². The molecule has 0 aromatic rings. The summed E-state index contributed by atoms with van der Waals surface area (Å²) in [5.74, 6) is 0.346. The predicted molar refractivity (Wildman–Crippen MR) is 84.3 cm³/mol. The van der Waals surface area contributed by atoms with E-state index in [4.69, 9.17) is 4.74 Å². The maximum atomic E-state index is 12.5. The van der Waals surface area contributed by atoms with Crippen LogP contribution in [0.3, 0.4) is 0 Å². The summed E-state index contributed by atoms with van der Waals surface area (Å²) in [6.45, 7) is 7.63. The second-order valence-electron chi connectivity index (χ2n) is 6.50. The Bertz CT molecular complexity index is 340. The van der Waals surface area contributed by atoms with Crippen molar-refractivity contribution in [3.05, 3.63) is 0 Å². The van der Waals surface area contributed by atoms with Gasteiger partial charge in [0.05, 0.1) is 6.61 Å². The van der Waals surface area contributed by atoms with E-state index in [0.717, 1.165) is 32.5 Å². The summed E-state index contributed by atoms with van der Waals surface area (Å²) in [5, 5.41) is 3.29. The van der Waals surface area contributed by atoms with Crippen molar-refractivity contribution in [2.24, 2.45) is 5.92 Å². The number of carbonyl (C=O) groups is 1. The summed E-state index contributed by atoms with van der Waals surface area (Å²) in [6, 6.07) is 0. The molecule has 0 aromatic heterocycles. The molecule has 21 heavy (non-hydrogen) atoms. The molecule has 2 aliphatic rings. The SMILES string of the molecule is CCOC(=O)C(CN(C)CCN1CCCC1)(NC)C1CC1. The van der Waals surface area contributed by atoms with Crippen LogP contribution in [0.15, 0.2) is 0 Å². The monoisotopic (exact) mass is 297 g/mol. The summed E-state index contributed by atoms with van der Waals surface area (Å²) in [4.78, 5) is 17.2. The molecule has 1 saturated carbocycles. The van der Waals surface area contributed by atoms with Crippen LogP contribution in [0.1, 0.15) is 32.6 Å². The third-order valence-electron chi connectivity index (χ3n) is 4.88. The van der Waals surface area contributed by atoms with Crippen LogP contribution in [0.25, 0.3) is 0 Å². The topological polar surface area (TPSA) is 44.8 Å². The van der Waals surface area contributed by atoms with Crippen molar-refractivity contribution in [2.75, 3.05) is 53.4 Å². The van der Waals surface area contributed by atoms with Gasteiger partial charge in [0.1, 0.15) is 5.54 Å². The van der Waals surface area contributed by atoms with Crippen LogP contribution >= 0.6 is 0 Å². The minimum atomic E-state index is -0.518. The molecule has 0 spiro atoms. The molecule has 0 bridgehead atoms. The number of hydrogen-bond acceptors (Lipinski definition) is 5. The molecule has 5 heteroatoms. The van der Waals surface area contributed by atoms with E-state index in [-0.39, 0.29) is 5.97 Å². The standard InChI is InChI=1S/C16H31N3O2/c1-4-21-15(20)16(17-2,14-7-8-14)13-18(3)11-12-19-9-5-6-10-19/h14,17H,4-13H2,1-3H3. The van der Waals surface area contributed by atoms with Crippen LogP contribution in [0.5, 0.6) is 0 Å². The van der Waals surface area contributed by atoms with Crippen molar-refractivity contribution in [1.82, 2.24) is 15.1 Å². The minimum absolute atomic E-state index is 0.0805. The summed E-state index contributed by atoms with van der Waals surface area (Å²) in [5.41, 5.74) is -0.518. The van der Waals surface area contributed by atoms with Gasteiger partial charge < -0.3 is 19.9 Å². The highest BCUT2D eigenvalue weighted by molar-refractivity contribution is 5.82. The number of ether oxygens (including phenoxy) is 1. The molecule has 0 aromatic carbocycles. The highest BCUT2D eigenvalue weighted by Gasteiger charge is 2.51. The summed E-state index contributed by atoms with van der Waals surface area (Å²) in [7, 11) is 4.01. The predicted octanol–water partition coefficient (Wildman–Crippen LogP) is 0.945. The molecule has 1 aliphatic heterocycles. The normalized spacial score (nSPS) is 22.5. The lowest BCUT2D eigenvalue weighted by Gasteiger charge is -2.35. The molecule has 0 radical (unpaired) electrons. The molecular formula is C16H31N3O2. The van der Waals surface area contributed by atoms with Crippen LogP contribution in [0.2, 0.25) is 0 Å². The van der Waals surface area contributed by atoms with E-state index in [2.05, 4.69) is 22.2 Å². The minimum Gasteiger partial charge on any atom is -0.465 e. The molecule has 2 rings (SSSR count). The van der Waals surface area contributed by atoms with E-state index in [1.54, 1.807) is 0 Å². The Labute approximate surface area is 129 Å². The van der Waals surface area contributed by atoms with Gasteiger partial charge in [-0.15, -0.1) is 0 Å². The Morgan fingerprint density at radius 3 is 2.57 bits per heavy atom. The number of hydrogen-bond donors (Lipinski definition) is 1. The van der Waals surface area contributed by atoms with Gasteiger partial charge >= 0.3 is 5.97 Å². The number of rotatable bonds is 9. The Hall–Kier alpha value is -0.650. The van der Waals surface area contributed by atoms with E-state index in [0.29, 0.717) is 12.5 Å². The molecule has 122 valence electrons. The molecule has 1 N–H and O–H groups in total. The Kier molecular flexibility index (Phi) is 6.02. The first kappa shape index (κ1) is 16.7. The number of carbonyl (C=O) groups excluding carboxylic acids is 1. The van der Waals surface area contributed by atoms with Gasteiger partial charge in [0.25, 0.3) is 0 Å². The van der Waals surface area contributed by atoms with E-state index < -0.39 is 5.54 Å². The van der Waals surface area contributed by atoms with Crippen LogP contribution in [-0.4, -0.2) is 74.7 Å². The molecule has 2 fully saturated rings. The molecule has 5 nitrogen and oxygen atoms in total. The van der Waals surface area contributed by atoms with Gasteiger partial charge in [-0.05, 0) is 65.7 Å². The lowest BCUT2D eigenvalue weighted by Crippen LogP contribution is -2.60. The molecule has 1 unspecified atom stereocenters. The third kappa shape index (κ3) is 4.18. The first-order valence-corrected chi connectivity index (χ1v) is 8.39. The lowest BCUT2D eigenvalue weighted by molar-refractivity contribution is -0.153. The van der Waals surface area contributed by atoms with E-state index in [1.807, 2.05) is 14.0 Å². The summed E-state index contributed by atoms with van der Waals surface area (Å²) >= 11 is 0. The highest BCUT2D eigenvalue weighted by atomic mass is 16.5. The molecular weight excluding hydrogens is 266 g/mol. The van der Waals surface area contributed by atoms with Crippen molar-refractivity contribution >= 4 is 5.97 Å². The average molecular weight is 297 g/mol. The van der Waals surface area contributed by atoms with Crippen molar-refractivity contribution in [3.8, 4) is 0 Å². The first-order chi connectivity index (χ1) is 10.1. The van der Waals surface area contributed by atoms with Gasteiger partial charge in [-0.2, -0.15) is 0 Å². The number of nitrogens with zero attached hydrogens (tertiary/aromatic N) is 2. The van der Waals surface area contributed by atoms with E-state index in [9.17, 15) is 4.79 Å². The number of nitrogens with one attached hydrogen (secondary N) is 1. The molecule has 1 aliphatic carbocycles. The fraction of sp³-hybridized carbons (Fsp3) is 0.938. The fourth-order valence-corrected chi connectivity index (χ4v) is 3.40. The zero-order chi connectivity index (χ0) is 15.3. The zero-order valence-electron chi connectivity index (χ0n) is 13.9. The second-order valence-corrected chi connectivity index (χ2v) is 6.50. The van der Waals surface area contributed by atoms with E-state index in [1.165, 1.54) is 25.9 Å². The number of esters is 1. The van der Waals surface area contributed by atoms with Gasteiger partial charge in [0, 0.05) is 19.6 Å². The molecule has 1 saturated heterocycles. The highest BCUT2D eigenvalue weighted by Crippen LogP contribution is 2.40. The Balaban J connectivity index is 1.89. The van der Waals surface area contributed by atoms with Crippen LogP contribution in [0.4, 0.5) is 0 Å². The van der Waals surface area contributed by atoms with Crippen molar-refractivity contribution < 1.29 is 9.53 Å². The van der Waals surface area contributed by atoms with Gasteiger partial charge in [0.15, 0.2) is 0 Å². The largest absolute Gasteiger partial charge is 0.465 e. The smallest absolute Gasteiger partial charge is 0.327 e. The lowest BCUT2D eigenvalue weighted by atomic mass is 9.92. The molecule has 0 amide bonds. The van der Waals surface area contributed by atoms with Crippen molar-refractivity contribution in [3.63, 3.8) is 0 Å². The van der Waals surface area contributed by atoms with Crippen LogP contribution < -0.4 is 5.32 Å². The maximum absolute atomic E-state index is 12.5. The zero-order valence-corrected chi connectivity index (χ0v) is 13.9. The Morgan fingerprint density at radius 1 is 1.38 bits per heavy atom. The van der Waals surface area contributed by atoms with Gasteiger partial charge in [-0.1, -0.05) is 0 Å². The summed E-state index contributed by atoms with van der Waals surface area (Å²) in [6.07, 6.45) is 4.91. The quantitative estimate of drug-likeness (QED) is 0.642. The fourth-order valence-electron chi connectivity index (χ4n) is 3.40. The van der Waals surface area contributed by atoms with Crippen LogP contribution in [-0.2, 0) is 9.53 Å². The van der Waals surface area contributed by atoms with E-state index >= 15 is 0 Å². The second kappa shape index (κ2) is 7.56. The molecule has 1 heterocycles. The summed E-state index contributed by atoms with van der Waals surface area (Å²) < 4.78 is 5.34. The van der Waals surface area contributed by atoms with Gasteiger partial charge in [-0.3, -0.25) is 0 Å². The first-order valence-electron chi connectivity index (χ1n) is 8.39. The Morgan fingerprint density at radius 2 is 2.05 bits per heavy atom. The molecule has 1 atom stereocenters. The van der Waals surface area contributed by atoms with Crippen molar-refractivity contribution in [1.29, 1.82) is 0 Å². The number of likely N-dealkylation sites (N-methyl/N-ethyl adjacent to an activating group) is 2. The number of likely N-dealkylation sites (tertiary alicyclic amines) is 1. The van der Waals surface area contributed by atoms with Gasteiger partial charge in [-0.25, -0.2) is 4.79 Å². The van der Waals surface area contributed by atoms with Gasteiger partial charge in [0.2, 0.25) is 0 Å². The van der Waals surface area contributed by atoms with Crippen molar-refractivity contribution in [2.45, 2.75) is 38.1 Å². The third-order valence-corrected chi connectivity index (χ3v) is 4.88. The average Bonchev–Trinajstić information content (AvgIpc) is 3.19. The maximum Gasteiger partial charge on any atom is 0.327 e.